The molecule has 1 aliphatic carbocycles. The van der Waals surface area contributed by atoms with Crippen LogP contribution in [0.4, 0.5) is 0 Å². The van der Waals surface area contributed by atoms with E-state index in [9.17, 15) is 8.42 Å². The lowest BCUT2D eigenvalue weighted by molar-refractivity contribution is 0.578. The molecule has 0 unspecified atom stereocenters. The fourth-order valence-electron chi connectivity index (χ4n) is 1.08. The predicted molar refractivity (Wildman–Crippen MR) is 49.7 cm³/mol. The number of nitrogens with zero attached hydrogens (tertiary/aromatic N) is 2. The zero-order chi connectivity index (χ0) is 9.47. The van der Waals surface area contributed by atoms with Crippen LogP contribution in [0, 0.1) is 0 Å². The van der Waals surface area contributed by atoms with Crippen LogP contribution in [-0.4, -0.2) is 22.9 Å². The minimum Gasteiger partial charge on any atom is -0.204 e. The summed E-state index contributed by atoms with van der Waals surface area (Å²) in [4.78, 5) is 0. The van der Waals surface area contributed by atoms with Gasteiger partial charge in [0.15, 0.2) is 0 Å². The second-order valence-electron chi connectivity index (χ2n) is 3.09. The van der Waals surface area contributed by atoms with Crippen LogP contribution in [0.25, 0.3) is 6.08 Å². The molecular formula is C8H10N2O2S. The van der Waals surface area contributed by atoms with E-state index in [1.54, 1.807) is 6.08 Å². The van der Waals surface area contributed by atoms with Crippen LogP contribution in [0.15, 0.2) is 19.0 Å². The highest BCUT2D eigenvalue weighted by atomic mass is 32.2. The molecule has 0 spiro atoms. The Balaban J connectivity index is 2.39. The van der Waals surface area contributed by atoms with E-state index in [0.717, 1.165) is 22.5 Å². The van der Waals surface area contributed by atoms with E-state index in [1.807, 2.05) is 0 Å². The van der Waals surface area contributed by atoms with E-state index in [2.05, 4.69) is 11.7 Å². The highest BCUT2D eigenvalue weighted by Gasteiger charge is 2.37. The number of rotatable bonds is 3. The van der Waals surface area contributed by atoms with Crippen LogP contribution in [0.2, 0.25) is 0 Å². The second kappa shape index (κ2) is 2.70. The molecule has 0 amide bonds. The quantitative estimate of drug-likeness (QED) is 0.724. The van der Waals surface area contributed by atoms with Crippen molar-refractivity contribution in [3.8, 4) is 0 Å². The number of aromatic nitrogens is 2. The van der Waals surface area contributed by atoms with Crippen LogP contribution in [-0.2, 0) is 10.0 Å². The van der Waals surface area contributed by atoms with Gasteiger partial charge in [-0.15, -0.1) is 0 Å². The summed E-state index contributed by atoms with van der Waals surface area (Å²) in [6, 6.07) is 0. The lowest BCUT2D eigenvalue weighted by Crippen LogP contribution is -2.17. The summed E-state index contributed by atoms with van der Waals surface area (Å²) in [5.74, 6) is 0. The fourth-order valence-corrected chi connectivity index (χ4v) is 2.57. The molecule has 4 nitrogen and oxygen atoms in total. The smallest absolute Gasteiger partial charge is 0.204 e. The number of hydrogen-bond donors (Lipinski definition) is 0. The van der Waals surface area contributed by atoms with Crippen molar-refractivity contribution in [3.63, 3.8) is 0 Å². The van der Waals surface area contributed by atoms with Crippen LogP contribution >= 0.6 is 0 Å². The minimum atomic E-state index is -3.20. The molecule has 0 N–H and O–H groups in total. The molecule has 1 aliphatic rings. The van der Waals surface area contributed by atoms with Crippen LogP contribution in [0.5, 0.6) is 0 Å². The molecule has 0 aliphatic heterocycles. The zero-order valence-electron chi connectivity index (χ0n) is 7.05. The Morgan fingerprint density at radius 3 is 2.77 bits per heavy atom. The molecule has 0 saturated heterocycles. The van der Waals surface area contributed by atoms with Gasteiger partial charge in [-0.2, -0.15) is 9.19 Å². The normalized spacial score (nSPS) is 17.2. The minimum absolute atomic E-state index is 0.218. The monoisotopic (exact) mass is 198 g/mol. The molecule has 13 heavy (non-hydrogen) atoms. The van der Waals surface area contributed by atoms with Crippen molar-refractivity contribution in [3.05, 3.63) is 24.5 Å². The summed E-state index contributed by atoms with van der Waals surface area (Å²) in [7, 11) is -3.20. The van der Waals surface area contributed by atoms with E-state index >= 15 is 0 Å². The predicted octanol–water partition coefficient (Wildman–Crippen LogP) is 0.866. The average Bonchev–Trinajstić information content (AvgIpc) is 2.84. The first-order valence-corrected chi connectivity index (χ1v) is 5.56. The van der Waals surface area contributed by atoms with Gasteiger partial charge in [0.1, 0.15) is 0 Å². The van der Waals surface area contributed by atoms with Crippen molar-refractivity contribution in [1.29, 1.82) is 0 Å². The van der Waals surface area contributed by atoms with E-state index in [0.29, 0.717) is 0 Å². The molecule has 0 bridgehead atoms. The van der Waals surface area contributed by atoms with Gasteiger partial charge in [-0.3, -0.25) is 0 Å². The Morgan fingerprint density at radius 1 is 1.62 bits per heavy atom. The highest BCUT2D eigenvalue weighted by Crippen LogP contribution is 2.29. The van der Waals surface area contributed by atoms with Gasteiger partial charge >= 0.3 is 0 Å². The van der Waals surface area contributed by atoms with Gasteiger partial charge < -0.3 is 0 Å². The van der Waals surface area contributed by atoms with Crippen molar-refractivity contribution in [2.45, 2.75) is 18.1 Å². The summed E-state index contributed by atoms with van der Waals surface area (Å²) >= 11 is 0. The lowest BCUT2D eigenvalue weighted by Gasteiger charge is -1.99. The van der Waals surface area contributed by atoms with Gasteiger partial charge in [0.25, 0.3) is 10.0 Å². The Hall–Kier alpha value is -1.10. The van der Waals surface area contributed by atoms with Gasteiger partial charge in [0.05, 0.1) is 11.4 Å². The maximum atomic E-state index is 11.6. The third-order valence-electron chi connectivity index (χ3n) is 2.02. The van der Waals surface area contributed by atoms with Gasteiger partial charge in [0, 0.05) is 11.8 Å². The van der Waals surface area contributed by atoms with Crippen molar-refractivity contribution in [2.75, 3.05) is 0 Å². The van der Waals surface area contributed by atoms with Crippen LogP contribution < -0.4 is 0 Å². The van der Waals surface area contributed by atoms with Crippen molar-refractivity contribution < 1.29 is 8.42 Å². The second-order valence-corrected chi connectivity index (χ2v) is 5.17. The molecule has 0 atom stereocenters. The maximum Gasteiger partial charge on any atom is 0.256 e. The van der Waals surface area contributed by atoms with E-state index < -0.39 is 10.0 Å². The first kappa shape index (κ1) is 8.50. The molecule has 0 radical (unpaired) electrons. The SMILES string of the molecule is C=Cc1cnn(S(=O)(=O)C2CC2)c1. The Labute approximate surface area is 76.9 Å². The zero-order valence-corrected chi connectivity index (χ0v) is 7.87. The number of hydrogen-bond acceptors (Lipinski definition) is 3. The first-order chi connectivity index (χ1) is 6.14. The maximum absolute atomic E-state index is 11.6. The molecule has 2 rings (SSSR count). The standard InChI is InChI=1S/C8H10N2O2S/c1-2-7-5-9-10(6-7)13(11,12)8-3-4-8/h2,5-6,8H,1,3-4H2. The summed E-state index contributed by atoms with van der Waals surface area (Å²) in [5.41, 5.74) is 0.726. The summed E-state index contributed by atoms with van der Waals surface area (Å²) in [5, 5.41) is 3.56. The van der Waals surface area contributed by atoms with E-state index in [-0.39, 0.29) is 5.25 Å². The summed E-state index contributed by atoms with van der Waals surface area (Å²) in [6.07, 6.45) is 6.07. The Morgan fingerprint density at radius 2 is 2.31 bits per heavy atom. The molecule has 1 saturated carbocycles. The van der Waals surface area contributed by atoms with Gasteiger partial charge in [-0.05, 0) is 12.8 Å². The molecule has 5 heteroatoms. The molecule has 1 aromatic heterocycles. The average molecular weight is 198 g/mol. The summed E-state index contributed by atoms with van der Waals surface area (Å²) in [6.45, 7) is 3.54. The van der Waals surface area contributed by atoms with Crippen molar-refractivity contribution in [2.24, 2.45) is 0 Å². The molecule has 70 valence electrons. The third kappa shape index (κ3) is 1.39. The Kier molecular flexibility index (Phi) is 1.76. The van der Waals surface area contributed by atoms with E-state index in [4.69, 9.17) is 0 Å². The highest BCUT2D eigenvalue weighted by molar-refractivity contribution is 7.90. The van der Waals surface area contributed by atoms with Gasteiger partial charge in [-0.25, -0.2) is 8.42 Å². The topological polar surface area (TPSA) is 52.0 Å². The van der Waals surface area contributed by atoms with E-state index in [1.165, 1.54) is 12.4 Å². The third-order valence-corrected chi connectivity index (χ3v) is 4.06. The molecule has 1 fully saturated rings. The molecular weight excluding hydrogens is 188 g/mol. The molecule has 1 aromatic rings. The largest absolute Gasteiger partial charge is 0.256 e. The van der Waals surface area contributed by atoms with Gasteiger partial charge in [0.2, 0.25) is 0 Å². The van der Waals surface area contributed by atoms with Crippen LogP contribution in [0.1, 0.15) is 18.4 Å². The molecule has 0 aromatic carbocycles. The van der Waals surface area contributed by atoms with Crippen molar-refractivity contribution >= 4 is 16.1 Å². The van der Waals surface area contributed by atoms with Crippen molar-refractivity contribution in [1.82, 2.24) is 9.19 Å². The Bertz CT molecular complexity index is 429. The first-order valence-electron chi connectivity index (χ1n) is 4.06. The van der Waals surface area contributed by atoms with Gasteiger partial charge in [-0.1, -0.05) is 12.7 Å². The van der Waals surface area contributed by atoms with Crippen LogP contribution in [0.3, 0.4) is 0 Å². The fraction of sp³-hybridized carbons (Fsp3) is 0.375. The molecule has 1 heterocycles. The lowest BCUT2D eigenvalue weighted by atomic mass is 10.4. The summed E-state index contributed by atoms with van der Waals surface area (Å²) < 4.78 is 24.2.